The highest BCUT2D eigenvalue weighted by Crippen LogP contribution is 2.09. The second-order valence-electron chi connectivity index (χ2n) is 2.06. The Morgan fingerprint density at radius 2 is 2.45 bits per heavy atom. The lowest BCUT2D eigenvalue weighted by Crippen LogP contribution is -2.14. The predicted octanol–water partition coefficient (Wildman–Crippen LogP) is 0.676. The zero-order chi connectivity index (χ0) is 7.84. The van der Waals surface area contributed by atoms with Crippen LogP contribution in [0.3, 0.4) is 0 Å². The molecular formula is C6H4ClN3O. The van der Waals surface area contributed by atoms with Gasteiger partial charge in [-0.05, 0) is 0 Å². The summed E-state index contributed by atoms with van der Waals surface area (Å²) in [5, 5.41) is 0.439. The van der Waals surface area contributed by atoms with E-state index in [1.54, 1.807) is 6.20 Å². The van der Waals surface area contributed by atoms with Gasteiger partial charge in [-0.1, -0.05) is 11.6 Å². The third-order valence-electron chi connectivity index (χ3n) is 1.40. The minimum absolute atomic E-state index is 0.234. The molecule has 0 spiro atoms. The van der Waals surface area contributed by atoms with E-state index in [1.165, 1.54) is 16.8 Å². The highest BCUT2D eigenvalue weighted by atomic mass is 35.5. The van der Waals surface area contributed by atoms with Crippen LogP contribution in [0.15, 0.2) is 23.4 Å². The van der Waals surface area contributed by atoms with E-state index in [0.29, 0.717) is 10.7 Å². The first kappa shape index (κ1) is 6.42. The van der Waals surface area contributed by atoms with E-state index in [2.05, 4.69) is 9.97 Å². The van der Waals surface area contributed by atoms with E-state index in [-0.39, 0.29) is 5.69 Å². The van der Waals surface area contributed by atoms with Crippen LogP contribution in [-0.4, -0.2) is 14.4 Å². The molecular weight excluding hydrogens is 166 g/mol. The molecule has 0 aliphatic heterocycles. The number of H-pyrrole nitrogens is 1. The van der Waals surface area contributed by atoms with Crippen LogP contribution in [0.2, 0.25) is 5.02 Å². The van der Waals surface area contributed by atoms with E-state index >= 15 is 0 Å². The third-order valence-corrected chi connectivity index (χ3v) is 1.67. The highest BCUT2D eigenvalue weighted by molar-refractivity contribution is 6.33. The average molecular weight is 170 g/mol. The molecule has 2 heterocycles. The van der Waals surface area contributed by atoms with E-state index < -0.39 is 0 Å². The number of nitrogens with one attached hydrogen (secondary N) is 1. The summed E-state index contributed by atoms with van der Waals surface area (Å²) in [5.74, 6) is 0. The second-order valence-corrected chi connectivity index (χ2v) is 2.47. The van der Waals surface area contributed by atoms with Gasteiger partial charge in [0.25, 0.3) is 0 Å². The Labute approximate surface area is 66.5 Å². The van der Waals surface area contributed by atoms with Gasteiger partial charge in [-0.25, -0.2) is 9.78 Å². The summed E-state index contributed by atoms with van der Waals surface area (Å²) < 4.78 is 1.35. The molecule has 0 saturated carbocycles. The number of aromatic amines is 1. The quantitative estimate of drug-likeness (QED) is 0.631. The summed E-state index contributed by atoms with van der Waals surface area (Å²) in [7, 11) is 0. The summed E-state index contributed by atoms with van der Waals surface area (Å²) in [5.41, 5.74) is 0.248. The summed E-state index contributed by atoms with van der Waals surface area (Å²) in [6, 6.07) is 0. The number of nitrogens with zero attached hydrogens (tertiary/aromatic N) is 2. The van der Waals surface area contributed by atoms with Crippen molar-refractivity contribution in [3.05, 3.63) is 34.1 Å². The normalized spacial score (nSPS) is 10.6. The number of hydrogen-bond donors (Lipinski definition) is 1. The first-order valence-electron chi connectivity index (χ1n) is 2.99. The Kier molecular flexibility index (Phi) is 1.22. The molecule has 56 valence electrons. The second kappa shape index (κ2) is 2.10. The highest BCUT2D eigenvalue weighted by Gasteiger charge is 2.00. The zero-order valence-electron chi connectivity index (χ0n) is 5.41. The SMILES string of the molecule is O=c1[nH]cc(Cl)c2nccn12. The Morgan fingerprint density at radius 3 is 3.18 bits per heavy atom. The molecule has 0 amide bonds. The molecule has 0 fully saturated rings. The topological polar surface area (TPSA) is 50.2 Å². The lowest BCUT2D eigenvalue weighted by atomic mass is 10.6. The van der Waals surface area contributed by atoms with Crippen molar-refractivity contribution in [1.29, 1.82) is 0 Å². The minimum Gasteiger partial charge on any atom is -0.312 e. The van der Waals surface area contributed by atoms with Gasteiger partial charge in [0.15, 0.2) is 5.65 Å². The molecule has 0 radical (unpaired) electrons. The molecule has 0 aliphatic carbocycles. The van der Waals surface area contributed by atoms with Crippen molar-refractivity contribution in [2.24, 2.45) is 0 Å². The van der Waals surface area contributed by atoms with Crippen molar-refractivity contribution >= 4 is 17.2 Å². The van der Waals surface area contributed by atoms with E-state index in [4.69, 9.17) is 11.6 Å². The molecule has 0 bridgehead atoms. The fourth-order valence-corrected chi connectivity index (χ4v) is 1.10. The van der Waals surface area contributed by atoms with Gasteiger partial charge in [0.2, 0.25) is 0 Å². The molecule has 1 N–H and O–H groups in total. The van der Waals surface area contributed by atoms with Crippen LogP contribution >= 0.6 is 11.6 Å². The van der Waals surface area contributed by atoms with Crippen molar-refractivity contribution in [3.63, 3.8) is 0 Å². The van der Waals surface area contributed by atoms with Crippen LogP contribution in [0.5, 0.6) is 0 Å². The lowest BCUT2D eigenvalue weighted by Gasteiger charge is -1.91. The molecule has 2 aromatic rings. The maximum Gasteiger partial charge on any atom is 0.331 e. The fourth-order valence-electron chi connectivity index (χ4n) is 0.903. The Morgan fingerprint density at radius 1 is 1.64 bits per heavy atom. The standard InChI is InChI=1S/C6H4ClN3O/c7-4-3-9-6(11)10-2-1-8-5(4)10/h1-3H,(H,9,11). The predicted molar refractivity (Wildman–Crippen MR) is 40.8 cm³/mol. The van der Waals surface area contributed by atoms with Crippen LogP contribution in [0, 0.1) is 0 Å². The van der Waals surface area contributed by atoms with E-state index in [0.717, 1.165) is 0 Å². The molecule has 0 unspecified atom stereocenters. The van der Waals surface area contributed by atoms with Gasteiger partial charge in [-0.3, -0.25) is 4.40 Å². The molecule has 5 heteroatoms. The Balaban J connectivity index is 3.08. The summed E-state index contributed by atoms with van der Waals surface area (Å²) >= 11 is 5.72. The summed E-state index contributed by atoms with van der Waals surface area (Å²) in [6.45, 7) is 0. The number of halogens is 1. The van der Waals surface area contributed by atoms with Gasteiger partial charge < -0.3 is 4.98 Å². The van der Waals surface area contributed by atoms with Crippen molar-refractivity contribution in [3.8, 4) is 0 Å². The zero-order valence-corrected chi connectivity index (χ0v) is 6.17. The third kappa shape index (κ3) is 0.832. The molecule has 0 atom stereocenters. The smallest absolute Gasteiger partial charge is 0.312 e. The van der Waals surface area contributed by atoms with Crippen LogP contribution < -0.4 is 5.69 Å². The molecule has 0 saturated heterocycles. The van der Waals surface area contributed by atoms with Crippen LogP contribution in [-0.2, 0) is 0 Å². The van der Waals surface area contributed by atoms with E-state index in [1.807, 2.05) is 0 Å². The monoisotopic (exact) mass is 169 g/mol. The molecule has 2 aromatic heterocycles. The van der Waals surface area contributed by atoms with Crippen LogP contribution in [0.1, 0.15) is 0 Å². The van der Waals surface area contributed by atoms with Gasteiger partial charge in [-0.15, -0.1) is 0 Å². The van der Waals surface area contributed by atoms with Crippen molar-refractivity contribution < 1.29 is 0 Å². The first-order chi connectivity index (χ1) is 5.29. The maximum atomic E-state index is 11.0. The van der Waals surface area contributed by atoms with Gasteiger partial charge in [0.05, 0.1) is 0 Å². The Bertz CT molecular complexity index is 444. The van der Waals surface area contributed by atoms with Gasteiger partial charge in [-0.2, -0.15) is 0 Å². The summed E-state index contributed by atoms with van der Waals surface area (Å²) in [6.07, 6.45) is 4.50. The number of aromatic nitrogens is 3. The maximum absolute atomic E-state index is 11.0. The number of fused-ring (bicyclic) bond motifs is 1. The van der Waals surface area contributed by atoms with Gasteiger partial charge in [0.1, 0.15) is 5.02 Å². The van der Waals surface area contributed by atoms with Crippen LogP contribution in [0.4, 0.5) is 0 Å². The molecule has 2 rings (SSSR count). The molecule has 4 nitrogen and oxygen atoms in total. The largest absolute Gasteiger partial charge is 0.331 e. The Hall–Kier alpha value is -1.29. The fraction of sp³-hybridized carbons (Fsp3) is 0. The van der Waals surface area contributed by atoms with Crippen molar-refractivity contribution in [1.82, 2.24) is 14.4 Å². The number of rotatable bonds is 0. The van der Waals surface area contributed by atoms with Crippen molar-refractivity contribution in [2.45, 2.75) is 0 Å². The van der Waals surface area contributed by atoms with E-state index in [9.17, 15) is 4.79 Å². The van der Waals surface area contributed by atoms with Crippen molar-refractivity contribution in [2.75, 3.05) is 0 Å². The number of imidazole rings is 1. The molecule has 0 aliphatic rings. The first-order valence-corrected chi connectivity index (χ1v) is 3.37. The molecule has 0 aromatic carbocycles. The summed E-state index contributed by atoms with van der Waals surface area (Å²) in [4.78, 5) is 17.4. The van der Waals surface area contributed by atoms with Gasteiger partial charge in [0, 0.05) is 18.6 Å². The average Bonchev–Trinajstić information content (AvgIpc) is 2.45. The number of hydrogen-bond acceptors (Lipinski definition) is 2. The van der Waals surface area contributed by atoms with Gasteiger partial charge >= 0.3 is 5.69 Å². The lowest BCUT2D eigenvalue weighted by molar-refractivity contribution is 1.00. The minimum atomic E-state index is -0.234. The van der Waals surface area contributed by atoms with Crippen LogP contribution in [0.25, 0.3) is 5.65 Å². The molecule has 11 heavy (non-hydrogen) atoms.